The normalized spacial score (nSPS) is 10.5. The maximum Gasteiger partial charge on any atom is 0.144 e. The number of halogens is 1. The fraction of sp³-hybridized carbons (Fsp3) is 0. The minimum Gasteiger partial charge on any atom is -0.846 e. The van der Waals surface area contributed by atoms with Crippen molar-refractivity contribution in [2.24, 2.45) is 0 Å². The first kappa shape index (κ1) is 14.7. The second kappa shape index (κ2) is 6.62. The number of hydrogen-bond donors (Lipinski definition) is 1. The highest BCUT2D eigenvalue weighted by Crippen LogP contribution is 2.23. The van der Waals surface area contributed by atoms with Crippen LogP contribution in [-0.2, 0) is 4.79 Å². The second-order valence-corrected chi connectivity index (χ2v) is 4.36. The van der Waals surface area contributed by atoms with E-state index < -0.39 is 6.02 Å². The van der Waals surface area contributed by atoms with Crippen LogP contribution < -0.4 is 10.0 Å². The van der Waals surface area contributed by atoms with Crippen molar-refractivity contribution in [2.75, 3.05) is 4.90 Å². The molecule has 2 rings (SSSR count). The zero-order valence-corrected chi connectivity index (χ0v) is 11.5. The van der Waals surface area contributed by atoms with Gasteiger partial charge in [0.15, 0.2) is 0 Å². The van der Waals surface area contributed by atoms with Gasteiger partial charge >= 0.3 is 0 Å². The van der Waals surface area contributed by atoms with Gasteiger partial charge in [0.05, 0.1) is 11.7 Å². The van der Waals surface area contributed by atoms with Crippen molar-refractivity contribution in [1.29, 1.82) is 5.41 Å². The topological polar surface area (TPSA) is 93.0 Å². The lowest BCUT2D eigenvalue weighted by Gasteiger charge is -2.23. The van der Waals surface area contributed by atoms with Crippen molar-refractivity contribution >= 4 is 29.7 Å². The lowest BCUT2D eigenvalue weighted by atomic mass is 10.1. The Hall–Kier alpha value is -2.73. The van der Waals surface area contributed by atoms with Gasteiger partial charge in [-0.05, 0) is 18.2 Å². The molecular formula is C14H10ClN4O2-. The number of hydrogen-bond acceptors (Lipinski definition) is 5. The van der Waals surface area contributed by atoms with Crippen molar-refractivity contribution in [3.05, 3.63) is 54.0 Å². The van der Waals surface area contributed by atoms with Gasteiger partial charge in [-0.1, -0.05) is 23.7 Å². The van der Waals surface area contributed by atoms with E-state index in [0.717, 1.165) is 16.5 Å². The van der Waals surface area contributed by atoms with E-state index in [-0.39, 0.29) is 5.82 Å². The van der Waals surface area contributed by atoms with E-state index >= 15 is 0 Å². The first-order valence-corrected chi connectivity index (χ1v) is 6.24. The van der Waals surface area contributed by atoms with Crippen LogP contribution >= 0.6 is 11.6 Å². The molecular weight excluding hydrogens is 292 g/mol. The SMILES string of the molecule is N=C([O-])N(/C=C\C=O)c1cc(-c2cccc(Cl)c2)ncn1. The number of allylic oxidation sites excluding steroid dienone is 1. The lowest BCUT2D eigenvalue weighted by molar-refractivity contribution is -0.218. The first-order chi connectivity index (χ1) is 10.1. The highest BCUT2D eigenvalue weighted by Gasteiger charge is 2.07. The number of carbonyl (C=O) groups is 1. The molecule has 21 heavy (non-hydrogen) atoms. The van der Waals surface area contributed by atoms with Crippen LogP contribution in [0.15, 0.2) is 48.9 Å². The number of amidine groups is 1. The fourth-order valence-corrected chi connectivity index (χ4v) is 1.84. The predicted molar refractivity (Wildman–Crippen MR) is 77.9 cm³/mol. The Labute approximate surface area is 125 Å². The van der Waals surface area contributed by atoms with Gasteiger partial charge in [-0.3, -0.25) is 15.1 Å². The highest BCUT2D eigenvalue weighted by atomic mass is 35.5. The number of benzene rings is 1. The third kappa shape index (κ3) is 3.64. The molecule has 0 fully saturated rings. The smallest absolute Gasteiger partial charge is 0.144 e. The Morgan fingerprint density at radius 3 is 2.81 bits per heavy atom. The quantitative estimate of drug-likeness (QED) is 0.401. The van der Waals surface area contributed by atoms with Crippen molar-refractivity contribution < 1.29 is 9.90 Å². The van der Waals surface area contributed by atoms with Gasteiger partial charge in [0.2, 0.25) is 0 Å². The minimum atomic E-state index is -1.01. The van der Waals surface area contributed by atoms with Crippen LogP contribution in [0.4, 0.5) is 5.82 Å². The summed E-state index contributed by atoms with van der Waals surface area (Å²) in [6.07, 6.45) is 4.06. The van der Waals surface area contributed by atoms with Crippen LogP contribution in [0.5, 0.6) is 0 Å². The summed E-state index contributed by atoms with van der Waals surface area (Å²) in [6, 6.07) is 7.57. The summed E-state index contributed by atoms with van der Waals surface area (Å²) in [5, 5.41) is 19.1. The molecule has 1 aromatic heterocycles. The van der Waals surface area contributed by atoms with Crippen molar-refractivity contribution in [1.82, 2.24) is 9.97 Å². The molecule has 0 aliphatic heterocycles. The van der Waals surface area contributed by atoms with Crippen LogP contribution in [0.25, 0.3) is 11.3 Å². The van der Waals surface area contributed by atoms with E-state index in [9.17, 15) is 9.90 Å². The molecule has 2 aromatic rings. The van der Waals surface area contributed by atoms with Gasteiger partial charge in [0.25, 0.3) is 0 Å². The Kier molecular flexibility index (Phi) is 4.63. The average Bonchev–Trinajstić information content (AvgIpc) is 2.48. The van der Waals surface area contributed by atoms with Crippen LogP contribution in [0.2, 0.25) is 5.02 Å². The number of carbonyl (C=O) groups excluding carboxylic acids is 1. The molecule has 0 saturated carbocycles. The van der Waals surface area contributed by atoms with E-state index in [1.165, 1.54) is 18.6 Å². The molecule has 0 atom stereocenters. The molecule has 1 N–H and O–H groups in total. The number of aromatic nitrogens is 2. The van der Waals surface area contributed by atoms with Crippen molar-refractivity contribution in [3.8, 4) is 11.3 Å². The van der Waals surface area contributed by atoms with E-state index in [1.54, 1.807) is 18.2 Å². The molecule has 7 heteroatoms. The third-order valence-electron chi connectivity index (χ3n) is 2.55. The van der Waals surface area contributed by atoms with Crippen LogP contribution in [-0.4, -0.2) is 22.3 Å². The maximum atomic E-state index is 11.3. The highest BCUT2D eigenvalue weighted by molar-refractivity contribution is 6.30. The van der Waals surface area contributed by atoms with Gasteiger partial charge in [0.1, 0.15) is 18.4 Å². The number of rotatable bonds is 4. The van der Waals surface area contributed by atoms with E-state index in [0.29, 0.717) is 17.0 Å². The molecule has 106 valence electrons. The predicted octanol–water partition coefficient (Wildman–Crippen LogP) is 1.61. The van der Waals surface area contributed by atoms with Crippen molar-refractivity contribution in [2.45, 2.75) is 0 Å². The summed E-state index contributed by atoms with van der Waals surface area (Å²) >= 11 is 5.93. The Morgan fingerprint density at radius 2 is 2.14 bits per heavy atom. The summed E-state index contributed by atoms with van der Waals surface area (Å²) in [4.78, 5) is 19.3. The molecule has 1 aromatic carbocycles. The molecule has 0 amide bonds. The third-order valence-corrected chi connectivity index (χ3v) is 2.79. The zero-order valence-electron chi connectivity index (χ0n) is 10.7. The lowest BCUT2D eigenvalue weighted by Crippen LogP contribution is -2.35. The van der Waals surface area contributed by atoms with E-state index in [4.69, 9.17) is 17.0 Å². The zero-order chi connectivity index (χ0) is 15.2. The van der Waals surface area contributed by atoms with Gasteiger partial charge in [-0.2, -0.15) is 0 Å². The number of aldehydes is 1. The van der Waals surface area contributed by atoms with Crippen LogP contribution in [0.1, 0.15) is 0 Å². The molecule has 0 unspecified atom stereocenters. The standard InChI is InChI=1S/C14H11ClN4O2/c15-11-4-1-3-10(7-11)12-8-13(18-9-17-12)19(14(16)21)5-2-6-20/h1-9H,(H2,16,21)/p-1/b5-2-. The van der Waals surface area contributed by atoms with Gasteiger partial charge in [-0.25, -0.2) is 9.97 Å². The molecule has 0 spiro atoms. The van der Waals surface area contributed by atoms with Crippen molar-refractivity contribution in [3.63, 3.8) is 0 Å². The Balaban J connectivity index is 2.43. The van der Waals surface area contributed by atoms with Gasteiger partial charge in [0, 0.05) is 22.9 Å². The molecule has 0 aliphatic rings. The van der Waals surface area contributed by atoms with Gasteiger partial charge in [-0.15, -0.1) is 0 Å². The molecule has 0 saturated heterocycles. The van der Waals surface area contributed by atoms with Crippen LogP contribution in [0.3, 0.4) is 0 Å². The average molecular weight is 302 g/mol. The maximum absolute atomic E-state index is 11.3. The van der Waals surface area contributed by atoms with Gasteiger partial charge < -0.3 is 5.11 Å². The molecule has 0 bridgehead atoms. The number of anilines is 1. The first-order valence-electron chi connectivity index (χ1n) is 5.86. The minimum absolute atomic E-state index is 0.193. The molecule has 0 aliphatic carbocycles. The summed E-state index contributed by atoms with van der Waals surface area (Å²) in [7, 11) is 0. The number of nitrogens with zero attached hydrogens (tertiary/aromatic N) is 3. The Bertz CT molecular complexity index is 703. The van der Waals surface area contributed by atoms with E-state index in [2.05, 4.69) is 9.97 Å². The van der Waals surface area contributed by atoms with E-state index in [1.807, 2.05) is 6.07 Å². The fourth-order valence-electron chi connectivity index (χ4n) is 1.65. The Morgan fingerprint density at radius 1 is 1.33 bits per heavy atom. The molecule has 6 nitrogen and oxygen atoms in total. The second-order valence-electron chi connectivity index (χ2n) is 3.92. The molecule has 0 radical (unpaired) electrons. The largest absolute Gasteiger partial charge is 0.846 e. The summed E-state index contributed by atoms with van der Waals surface area (Å²) in [5.74, 6) is 0.193. The molecule has 1 heterocycles. The summed E-state index contributed by atoms with van der Waals surface area (Å²) in [6.45, 7) is 0. The summed E-state index contributed by atoms with van der Waals surface area (Å²) in [5.41, 5.74) is 1.30. The number of nitrogens with one attached hydrogen (secondary N) is 1. The van der Waals surface area contributed by atoms with Crippen LogP contribution in [0, 0.1) is 5.41 Å². The summed E-state index contributed by atoms with van der Waals surface area (Å²) < 4.78 is 0. The monoisotopic (exact) mass is 301 g/mol.